The average molecular weight is 371 g/mol. The topological polar surface area (TPSA) is 86.3 Å². The third kappa shape index (κ3) is 3.02. The van der Waals surface area contributed by atoms with E-state index in [0.29, 0.717) is 24.4 Å². The van der Waals surface area contributed by atoms with Crippen molar-refractivity contribution in [2.24, 2.45) is 0 Å². The number of rotatable bonds is 5. The van der Waals surface area contributed by atoms with Gasteiger partial charge in [-0.05, 0) is 48.2 Å². The second-order valence-electron chi connectivity index (χ2n) is 6.52. The van der Waals surface area contributed by atoms with Gasteiger partial charge in [0.1, 0.15) is 5.65 Å². The molecule has 3 heterocycles. The first kappa shape index (κ1) is 17.2. The summed E-state index contributed by atoms with van der Waals surface area (Å²) in [4.78, 5) is 7.88. The van der Waals surface area contributed by atoms with E-state index in [9.17, 15) is 8.42 Å². The van der Waals surface area contributed by atoms with E-state index in [4.69, 9.17) is 5.11 Å². The summed E-state index contributed by atoms with van der Waals surface area (Å²) in [5, 5.41) is 10.1. The molecular formula is C19H21N3O3S. The van der Waals surface area contributed by atoms with Crippen molar-refractivity contribution in [2.75, 3.05) is 19.7 Å². The van der Waals surface area contributed by atoms with Crippen molar-refractivity contribution in [3.63, 3.8) is 0 Å². The van der Waals surface area contributed by atoms with Crippen LogP contribution in [-0.4, -0.2) is 47.5 Å². The van der Waals surface area contributed by atoms with E-state index in [1.807, 2.05) is 24.3 Å². The second-order valence-corrected chi connectivity index (χ2v) is 8.46. The molecule has 6 nitrogen and oxygen atoms in total. The number of nitrogens with zero attached hydrogens (tertiary/aromatic N) is 2. The van der Waals surface area contributed by atoms with Crippen LogP contribution in [0.2, 0.25) is 0 Å². The third-order valence-corrected chi connectivity index (χ3v) is 6.75. The Morgan fingerprint density at radius 3 is 2.54 bits per heavy atom. The Kier molecular flexibility index (Phi) is 4.52. The highest BCUT2D eigenvalue weighted by Gasteiger charge is 2.27. The van der Waals surface area contributed by atoms with Crippen LogP contribution in [-0.2, 0) is 16.4 Å². The van der Waals surface area contributed by atoms with Crippen molar-refractivity contribution in [2.45, 2.75) is 24.2 Å². The molecule has 3 aromatic rings. The number of aromatic nitrogens is 2. The molecule has 26 heavy (non-hydrogen) atoms. The lowest BCUT2D eigenvalue weighted by molar-refractivity contribution is 0.298. The summed E-state index contributed by atoms with van der Waals surface area (Å²) >= 11 is 0. The molecule has 2 aromatic heterocycles. The van der Waals surface area contributed by atoms with Gasteiger partial charge < -0.3 is 10.1 Å². The molecule has 0 amide bonds. The summed E-state index contributed by atoms with van der Waals surface area (Å²) < 4.78 is 26.9. The number of benzene rings is 1. The van der Waals surface area contributed by atoms with Crippen molar-refractivity contribution < 1.29 is 13.5 Å². The minimum Gasteiger partial charge on any atom is -0.396 e. The third-order valence-electron chi connectivity index (χ3n) is 4.84. The molecular weight excluding hydrogens is 350 g/mol. The van der Waals surface area contributed by atoms with Gasteiger partial charge in [0.05, 0.1) is 4.90 Å². The number of fused-ring (bicyclic) bond motifs is 1. The van der Waals surface area contributed by atoms with Gasteiger partial charge >= 0.3 is 0 Å². The molecule has 0 aliphatic carbocycles. The van der Waals surface area contributed by atoms with Crippen LogP contribution < -0.4 is 0 Å². The van der Waals surface area contributed by atoms with Crippen LogP contribution in [0.15, 0.2) is 47.5 Å². The number of pyridine rings is 1. The van der Waals surface area contributed by atoms with Crippen LogP contribution in [0.5, 0.6) is 0 Å². The van der Waals surface area contributed by atoms with Crippen molar-refractivity contribution in [1.82, 2.24) is 14.3 Å². The maximum absolute atomic E-state index is 12.7. The number of aliphatic hydroxyl groups excluding tert-OH is 1. The Balaban J connectivity index is 1.70. The summed E-state index contributed by atoms with van der Waals surface area (Å²) in [7, 11) is -3.40. The summed E-state index contributed by atoms with van der Waals surface area (Å²) in [5.41, 5.74) is 3.61. The molecule has 1 aliphatic rings. The van der Waals surface area contributed by atoms with Crippen LogP contribution in [0.3, 0.4) is 0 Å². The number of hydrogen-bond donors (Lipinski definition) is 2. The van der Waals surface area contributed by atoms with Gasteiger partial charge in [0, 0.05) is 43.4 Å². The molecule has 1 aliphatic heterocycles. The molecule has 0 unspecified atom stereocenters. The van der Waals surface area contributed by atoms with E-state index in [1.165, 1.54) is 0 Å². The maximum Gasteiger partial charge on any atom is 0.243 e. The smallest absolute Gasteiger partial charge is 0.243 e. The zero-order chi connectivity index (χ0) is 18.1. The molecule has 0 bridgehead atoms. The normalized spacial score (nSPS) is 15.7. The molecule has 1 fully saturated rings. The summed E-state index contributed by atoms with van der Waals surface area (Å²) in [6.45, 7) is 1.28. The van der Waals surface area contributed by atoms with Gasteiger partial charge in [-0.1, -0.05) is 12.1 Å². The number of hydrogen-bond acceptors (Lipinski definition) is 4. The molecule has 4 rings (SSSR count). The molecule has 0 spiro atoms. The number of sulfonamides is 1. The van der Waals surface area contributed by atoms with Gasteiger partial charge in [-0.15, -0.1) is 0 Å². The number of H-pyrrole nitrogens is 1. The van der Waals surface area contributed by atoms with E-state index in [0.717, 1.165) is 40.7 Å². The van der Waals surface area contributed by atoms with Gasteiger partial charge in [0.25, 0.3) is 0 Å². The Morgan fingerprint density at radius 1 is 1.12 bits per heavy atom. The summed E-state index contributed by atoms with van der Waals surface area (Å²) in [5.74, 6) is 0. The summed E-state index contributed by atoms with van der Waals surface area (Å²) in [6.07, 6.45) is 4.13. The molecule has 0 atom stereocenters. The Bertz CT molecular complexity index is 1020. The van der Waals surface area contributed by atoms with Crippen LogP contribution in [0.25, 0.3) is 22.2 Å². The fraction of sp³-hybridized carbons (Fsp3) is 0.316. The lowest BCUT2D eigenvalue weighted by Crippen LogP contribution is -2.27. The van der Waals surface area contributed by atoms with Crippen molar-refractivity contribution >= 4 is 21.1 Å². The highest BCUT2D eigenvalue weighted by molar-refractivity contribution is 7.89. The summed E-state index contributed by atoms with van der Waals surface area (Å²) in [6, 6.07) is 11.0. The van der Waals surface area contributed by atoms with E-state index in [-0.39, 0.29) is 6.61 Å². The van der Waals surface area contributed by atoms with Gasteiger partial charge in [-0.2, -0.15) is 4.31 Å². The molecule has 2 N–H and O–H groups in total. The zero-order valence-corrected chi connectivity index (χ0v) is 15.2. The Hall–Kier alpha value is -2.22. The van der Waals surface area contributed by atoms with Crippen LogP contribution in [0, 0.1) is 0 Å². The SMILES string of the molecule is O=S(=O)(c1ccc(-c2ccnc3[nH]c(CCO)cc23)cc1)N1CCCC1. The number of aliphatic hydroxyl groups is 1. The lowest BCUT2D eigenvalue weighted by atomic mass is 10.0. The zero-order valence-electron chi connectivity index (χ0n) is 14.4. The number of nitrogens with one attached hydrogen (secondary N) is 1. The van der Waals surface area contributed by atoms with Gasteiger partial charge in [0.2, 0.25) is 10.0 Å². The number of aromatic amines is 1. The Labute approximate surface area is 152 Å². The molecule has 0 saturated carbocycles. The molecule has 0 radical (unpaired) electrons. The van der Waals surface area contributed by atoms with Crippen molar-refractivity contribution in [3.8, 4) is 11.1 Å². The molecule has 7 heteroatoms. The highest BCUT2D eigenvalue weighted by Crippen LogP contribution is 2.30. The molecule has 136 valence electrons. The lowest BCUT2D eigenvalue weighted by Gasteiger charge is -2.15. The fourth-order valence-corrected chi connectivity index (χ4v) is 4.99. The predicted octanol–water partition coefficient (Wildman–Crippen LogP) is 2.55. The standard InChI is InChI=1S/C19H21N3O3S/c23-12-8-15-13-18-17(7-9-20-19(18)21-15)14-3-5-16(6-4-14)26(24,25)22-10-1-2-11-22/h3-7,9,13,23H,1-2,8,10-12H2,(H,20,21). The van der Waals surface area contributed by atoms with Gasteiger partial charge in [-0.25, -0.2) is 13.4 Å². The first-order valence-electron chi connectivity index (χ1n) is 8.77. The van der Waals surface area contributed by atoms with Crippen molar-refractivity contribution in [3.05, 3.63) is 48.3 Å². The largest absolute Gasteiger partial charge is 0.396 e. The first-order valence-corrected chi connectivity index (χ1v) is 10.2. The minimum absolute atomic E-state index is 0.0746. The first-order chi connectivity index (χ1) is 12.6. The predicted molar refractivity (Wildman–Crippen MR) is 100 cm³/mol. The average Bonchev–Trinajstić information content (AvgIpc) is 3.31. The van der Waals surface area contributed by atoms with E-state index >= 15 is 0 Å². The van der Waals surface area contributed by atoms with E-state index < -0.39 is 10.0 Å². The monoisotopic (exact) mass is 371 g/mol. The van der Waals surface area contributed by atoms with Gasteiger partial charge in [0.15, 0.2) is 0 Å². The Morgan fingerprint density at radius 2 is 1.85 bits per heavy atom. The maximum atomic E-state index is 12.7. The quantitative estimate of drug-likeness (QED) is 0.722. The fourth-order valence-electron chi connectivity index (χ4n) is 3.47. The minimum atomic E-state index is -3.40. The van der Waals surface area contributed by atoms with E-state index in [1.54, 1.807) is 22.6 Å². The van der Waals surface area contributed by atoms with Crippen LogP contribution in [0.4, 0.5) is 0 Å². The highest BCUT2D eigenvalue weighted by atomic mass is 32.2. The van der Waals surface area contributed by atoms with Gasteiger partial charge in [-0.3, -0.25) is 0 Å². The van der Waals surface area contributed by atoms with Crippen LogP contribution in [0.1, 0.15) is 18.5 Å². The second kappa shape index (κ2) is 6.83. The molecule has 1 aromatic carbocycles. The van der Waals surface area contributed by atoms with Crippen molar-refractivity contribution in [1.29, 1.82) is 0 Å². The van der Waals surface area contributed by atoms with Crippen LogP contribution >= 0.6 is 0 Å². The molecule has 1 saturated heterocycles. The van der Waals surface area contributed by atoms with E-state index in [2.05, 4.69) is 9.97 Å².